The minimum absolute atomic E-state index is 0.412. The number of rotatable bonds is 3. The maximum absolute atomic E-state index is 4.59. The zero-order valence-electron chi connectivity index (χ0n) is 13.2. The fourth-order valence-electron chi connectivity index (χ4n) is 3.14. The fourth-order valence-corrected chi connectivity index (χ4v) is 3.14. The Morgan fingerprint density at radius 1 is 1.22 bits per heavy atom. The normalized spacial score (nSPS) is 15.9. The first-order chi connectivity index (χ1) is 11.3. The highest BCUT2D eigenvalue weighted by molar-refractivity contribution is 5.88. The van der Waals surface area contributed by atoms with Gasteiger partial charge in [-0.1, -0.05) is 12.1 Å². The van der Waals surface area contributed by atoms with Crippen LogP contribution in [0.15, 0.2) is 36.8 Å². The van der Waals surface area contributed by atoms with Crippen LogP contribution in [0.25, 0.3) is 11.0 Å². The summed E-state index contributed by atoms with van der Waals surface area (Å²) >= 11 is 0. The molecule has 3 aromatic rings. The Morgan fingerprint density at radius 2 is 2.09 bits per heavy atom. The molecule has 23 heavy (non-hydrogen) atoms. The molecule has 0 amide bonds. The molecule has 1 fully saturated rings. The van der Waals surface area contributed by atoms with Crippen molar-refractivity contribution < 1.29 is 0 Å². The summed E-state index contributed by atoms with van der Waals surface area (Å²) in [5.41, 5.74) is 3.15. The van der Waals surface area contributed by atoms with Crippen molar-refractivity contribution in [3.05, 3.63) is 42.4 Å². The van der Waals surface area contributed by atoms with Crippen LogP contribution < -0.4 is 10.6 Å². The molecule has 1 aliphatic heterocycles. The second-order valence-corrected chi connectivity index (χ2v) is 6.02. The van der Waals surface area contributed by atoms with E-state index in [0.717, 1.165) is 48.5 Å². The van der Waals surface area contributed by atoms with Gasteiger partial charge in [0.1, 0.15) is 12.1 Å². The lowest BCUT2D eigenvalue weighted by Crippen LogP contribution is -2.29. The van der Waals surface area contributed by atoms with Crippen molar-refractivity contribution in [2.24, 2.45) is 0 Å². The van der Waals surface area contributed by atoms with Crippen LogP contribution in [0.3, 0.4) is 0 Å². The summed E-state index contributed by atoms with van der Waals surface area (Å²) in [6.45, 7) is 4.15. The van der Waals surface area contributed by atoms with E-state index in [1.165, 1.54) is 5.56 Å². The van der Waals surface area contributed by atoms with E-state index in [9.17, 15) is 0 Å². The number of nitrogens with zero attached hydrogens (tertiary/aromatic N) is 4. The Labute approximate surface area is 135 Å². The van der Waals surface area contributed by atoms with E-state index in [-0.39, 0.29) is 0 Å². The van der Waals surface area contributed by atoms with Gasteiger partial charge < -0.3 is 10.6 Å². The maximum atomic E-state index is 4.59. The number of nitrogens with one attached hydrogen (secondary N) is 2. The third-order valence-corrected chi connectivity index (χ3v) is 4.33. The number of fused-ring (bicyclic) bond motifs is 1. The van der Waals surface area contributed by atoms with Gasteiger partial charge in [0.25, 0.3) is 0 Å². The number of aromatic nitrogens is 4. The summed E-state index contributed by atoms with van der Waals surface area (Å²) in [4.78, 5) is 8.87. The molecule has 2 N–H and O–H groups in total. The van der Waals surface area contributed by atoms with E-state index in [2.05, 4.69) is 49.4 Å². The third-order valence-electron chi connectivity index (χ3n) is 4.33. The average molecular weight is 308 g/mol. The Hall–Kier alpha value is -2.47. The summed E-state index contributed by atoms with van der Waals surface area (Å²) in [5.74, 6) is 0.806. The predicted molar refractivity (Wildman–Crippen MR) is 90.9 cm³/mol. The van der Waals surface area contributed by atoms with Crippen molar-refractivity contribution in [1.29, 1.82) is 0 Å². The monoisotopic (exact) mass is 308 g/mol. The average Bonchev–Trinajstić information content (AvgIpc) is 3.01. The van der Waals surface area contributed by atoms with Gasteiger partial charge in [-0.25, -0.2) is 14.6 Å². The number of piperidine rings is 1. The molecule has 3 heterocycles. The molecule has 0 unspecified atom stereocenters. The first-order valence-electron chi connectivity index (χ1n) is 8.04. The molecule has 0 atom stereocenters. The van der Waals surface area contributed by atoms with Crippen molar-refractivity contribution in [2.75, 3.05) is 18.4 Å². The number of anilines is 2. The Bertz CT molecular complexity index is 819. The highest BCUT2D eigenvalue weighted by Gasteiger charge is 2.19. The quantitative estimate of drug-likeness (QED) is 0.779. The van der Waals surface area contributed by atoms with E-state index >= 15 is 0 Å². The zero-order valence-corrected chi connectivity index (χ0v) is 13.2. The SMILES string of the molecule is Cc1cccc(Nc2ncnc3c2cnn3C2CCNCC2)c1. The van der Waals surface area contributed by atoms with Crippen molar-refractivity contribution >= 4 is 22.5 Å². The number of hydrogen-bond donors (Lipinski definition) is 2. The van der Waals surface area contributed by atoms with Gasteiger partial charge in [-0.05, 0) is 50.6 Å². The molecule has 1 saturated heterocycles. The topological polar surface area (TPSA) is 67.7 Å². The van der Waals surface area contributed by atoms with Gasteiger partial charge in [0, 0.05) is 5.69 Å². The highest BCUT2D eigenvalue weighted by atomic mass is 15.3. The predicted octanol–water partition coefficient (Wildman–Crippen LogP) is 2.80. The molecule has 2 aromatic heterocycles. The molecule has 1 aliphatic rings. The first-order valence-corrected chi connectivity index (χ1v) is 8.04. The molecule has 0 spiro atoms. The highest BCUT2D eigenvalue weighted by Crippen LogP contribution is 2.27. The molecule has 1 aromatic carbocycles. The van der Waals surface area contributed by atoms with Crippen LogP contribution in [0.4, 0.5) is 11.5 Å². The van der Waals surface area contributed by atoms with Crippen LogP contribution >= 0.6 is 0 Å². The smallest absolute Gasteiger partial charge is 0.163 e. The Balaban J connectivity index is 1.69. The van der Waals surface area contributed by atoms with E-state index in [4.69, 9.17) is 0 Å². The molecule has 4 rings (SSSR count). The van der Waals surface area contributed by atoms with Gasteiger partial charge in [0.15, 0.2) is 5.65 Å². The first kappa shape index (κ1) is 14.1. The number of benzene rings is 1. The minimum atomic E-state index is 0.412. The van der Waals surface area contributed by atoms with Crippen molar-refractivity contribution in [3.63, 3.8) is 0 Å². The van der Waals surface area contributed by atoms with Crippen LogP contribution in [0, 0.1) is 6.92 Å². The molecule has 118 valence electrons. The van der Waals surface area contributed by atoms with Gasteiger partial charge >= 0.3 is 0 Å². The zero-order chi connectivity index (χ0) is 15.6. The summed E-state index contributed by atoms with van der Waals surface area (Å²) in [6, 6.07) is 8.67. The van der Waals surface area contributed by atoms with E-state index in [1.54, 1.807) is 6.33 Å². The van der Waals surface area contributed by atoms with E-state index < -0.39 is 0 Å². The third kappa shape index (κ3) is 2.77. The van der Waals surface area contributed by atoms with Gasteiger partial charge in [0.05, 0.1) is 17.6 Å². The van der Waals surface area contributed by atoms with E-state index in [1.807, 2.05) is 18.3 Å². The molecule has 6 nitrogen and oxygen atoms in total. The largest absolute Gasteiger partial charge is 0.340 e. The molecular weight excluding hydrogens is 288 g/mol. The molecule has 0 bridgehead atoms. The van der Waals surface area contributed by atoms with Crippen LogP contribution in [0.1, 0.15) is 24.4 Å². The molecular formula is C17H20N6. The van der Waals surface area contributed by atoms with Gasteiger partial charge in [-0.2, -0.15) is 5.10 Å². The molecule has 0 radical (unpaired) electrons. The summed E-state index contributed by atoms with van der Waals surface area (Å²) < 4.78 is 2.05. The number of hydrogen-bond acceptors (Lipinski definition) is 5. The van der Waals surface area contributed by atoms with Crippen LogP contribution in [0.2, 0.25) is 0 Å². The van der Waals surface area contributed by atoms with Crippen LogP contribution in [0.5, 0.6) is 0 Å². The standard InChI is InChI=1S/C17H20N6/c1-12-3-2-4-13(9-12)22-16-15-10-21-23(17(15)20-11-19-16)14-5-7-18-8-6-14/h2-4,9-11,14,18H,5-8H2,1H3,(H,19,20,22). The van der Waals surface area contributed by atoms with Crippen molar-refractivity contribution in [2.45, 2.75) is 25.8 Å². The Morgan fingerprint density at radius 3 is 2.91 bits per heavy atom. The summed E-state index contributed by atoms with van der Waals surface area (Å²) in [6.07, 6.45) is 5.65. The van der Waals surface area contributed by atoms with Gasteiger partial charge in [-0.15, -0.1) is 0 Å². The minimum Gasteiger partial charge on any atom is -0.340 e. The lowest BCUT2D eigenvalue weighted by atomic mass is 10.1. The molecule has 0 aliphatic carbocycles. The van der Waals surface area contributed by atoms with Crippen LogP contribution in [-0.4, -0.2) is 32.8 Å². The van der Waals surface area contributed by atoms with Crippen molar-refractivity contribution in [1.82, 2.24) is 25.1 Å². The van der Waals surface area contributed by atoms with Crippen molar-refractivity contribution in [3.8, 4) is 0 Å². The summed E-state index contributed by atoms with van der Waals surface area (Å²) in [7, 11) is 0. The lowest BCUT2D eigenvalue weighted by molar-refractivity contribution is 0.349. The second kappa shape index (κ2) is 5.96. The fraction of sp³-hybridized carbons (Fsp3) is 0.353. The summed E-state index contributed by atoms with van der Waals surface area (Å²) in [5, 5.41) is 12.3. The lowest BCUT2D eigenvalue weighted by Gasteiger charge is -2.23. The number of aryl methyl sites for hydroxylation is 1. The molecule has 6 heteroatoms. The van der Waals surface area contributed by atoms with Gasteiger partial charge in [-0.3, -0.25) is 0 Å². The van der Waals surface area contributed by atoms with Crippen LogP contribution in [-0.2, 0) is 0 Å². The van der Waals surface area contributed by atoms with E-state index in [0.29, 0.717) is 6.04 Å². The second-order valence-electron chi connectivity index (χ2n) is 6.02. The maximum Gasteiger partial charge on any atom is 0.163 e. The Kier molecular flexibility index (Phi) is 3.67. The van der Waals surface area contributed by atoms with Gasteiger partial charge in [0.2, 0.25) is 0 Å². The molecule has 0 saturated carbocycles.